The smallest absolute Gasteiger partial charge is 0.310 e. The van der Waals surface area contributed by atoms with Crippen LogP contribution < -0.4 is 5.73 Å². The number of alkyl halides is 2. The highest BCUT2D eigenvalue weighted by molar-refractivity contribution is 6.01. The first-order valence-corrected chi connectivity index (χ1v) is 4.25. The number of hydrogen-bond acceptors (Lipinski definition) is 2. The lowest BCUT2D eigenvalue weighted by Crippen LogP contribution is -2.31. The summed E-state index contributed by atoms with van der Waals surface area (Å²) in [4.78, 5) is 11.3. The molecule has 0 atom stereocenters. The molecule has 0 aliphatic heterocycles. The van der Waals surface area contributed by atoms with Gasteiger partial charge in [0.05, 0.1) is 0 Å². The number of carbonyl (C=O) groups is 1. The summed E-state index contributed by atoms with van der Waals surface area (Å²) in [6.45, 7) is -0.203. The lowest BCUT2D eigenvalue weighted by molar-refractivity contribution is 0.00655. The molecule has 0 spiro atoms. The van der Waals surface area contributed by atoms with Gasteiger partial charge in [-0.05, 0) is 6.54 Å². The van der Waals surface area contributed by atoms with E-state index in [-0.39, 0.29) is 12.1 Å². The van der Waals surface area contributed by atoms with Gasteiger partial charge in [0.1, 0.15) is 0 Å². The van der Waals surface area contributed by atoms with Gasteiger partial charge in [-0.25, -0.2) is 0 Å². The number of nitrogens with two attached hydrogens (primary N) is 1. The Labute approximate surface area is 80.7 Å². The molecule has 0 aromatic heterocycles. The second-order valence-corrected chi connectivity index (χ2v) is 2.94. The summed E-state index contributed by atoms with van der Waals surface area (Å²) in [5.74, 6) is -4.51. The van der Waals surface area contributed by atoms with Crippen LogP contribution in [0.5, 0.6) is 0 Å². The van der Waals surface area contributed by atoms with Gasteiger partial charge in [0.2, 0.25) is 5.78 Å². The number of rotatable bonds is 4. The first-order chi connectivity index (χ1) is 6.58. The van der Waals surface area contributed by atoms with Gasteiger partial charge in [0.25, 0.3) is 0 Å². The van der Waals surface area contributed by atoms with E-state index in [9.17, 15) is 13.6 Å². The van der Waals surface area contributed by atoms with E-state index in [4.69, 9.17) is 5.73 Å². The van der Waals surface area contributed by atoms with Crippen molar-refractivity contribution in [3.05, 3.63) is 35.9 Å². The normalized spacial score (nSPS) is 11.4. The number of ketones is 1. The van der Waals surface area contributed by atoms with Crippen LogP contribution in [0.25, 0.3) is 0 Å². The predicted molar refractivity (Wildman–Crippen MR) is 49.4 cm³/mol. The molecule has 14 heavy (non-hydrogen) atoms. The molecule has 0 radical (unpaired) electrons. The fraction of sp³-hybridized carbons (Fsp3) is 0.300. The van der Waals surface area contributed by atoms with Crippen molar-refractivity contribution in [1.82, 2.24) is 0 Å². The van der Waals surface area contributed by atoms with E-state index < -0.39 is 18.1 Å². The number of Topliss-reactive ketones (excluding diaryl/α,β-unsaturated/α-hetero) is 1. The third kappa shape index (κ3) is 2.35. The maximum absolute atomic E-state index is 13.1. The van der Waals surface area contributed by atoms with Crippen LogP contribution in [-0.4, -0.2) is 18.3 Å². The molecule has 4 heteroatoms. The zero-order valence-corrected chi connectivity index (χ0v) is 7.54. The van der Waals surface area contributed by atoms with Crippen LogP contribution in [0.15, 0.2) is 30.3 Å². The molecule has 2 N–H and O–H groups in total. The van der Waals surface area contributed by atoms with E-state index in [0.29, 0.717) is 0 Å². The van der Waals surface area contributed by atoms with Crippen molar-refractivity contribution in [3.63, 3.8) is 0 Å². The van der Waals surface area contributed by atoms with E-state index in [1.54, 1.807) is 18.2 Å². The first-order valence-electron chi connectivity index (χ1n) is 4.25. The lowest BCUT2D eigenvalue weighted by Gasteiger charge is -2.13. The molecule has 76 valence electrons. The highest BCUT2D eigenvalue weighted by atomic mass is 19.3. The average Bonchev–Trinajstić information content (AvgIpc) is 2.18. The van der Waals surface area contributed by atoms with Gasteiger partial charge >= 0.3 is 5.92 Å². The molecule has 0 aliphatic carbocycles. The molecular weight excluding hydrogens is 188 g/mol. The van der Waals surface area contributed by atoms with Crippen molar-refractivity contribution in [3.8, 4) is 0 Å². The van der Waals surface area contributed by atoms with Crippen molar-refractivity contribution in [2.24, 2.45) is 5.73 Å². The monoisotopic (exact) mass is 199 g/mol. The summed E-state index contributed by atoms with van der Waals surface area (Å²) in [5, 5.41) is 0. The van der Waals surface area contributed by atoms with Crippen molar-refractivity contribution < 1.29 is 13.6 Å². The molecule has 0 bridgehead atoms. The van der Waals surface area contributed by atoms with Crippen molar-refractivity contribution >= 4 is 5.78 Å². The van der Waals surface area contributed by atoms with Crippen LogP contribution >= 0.6 is 0 Å². The molecule has 0 unspecified atom stereocenters. The number of halogens is 2. The fourth-order valence-corrected chi connectivity index (χ4v) is 1.10. The summed E-state index contributed by atoms with van der Waals surface area (Å²) in [6.07, 6.45) is -0.610. The zero-order valence-electron chi connectivity index (χ0n) is 7.54. The van der Waals surface area contributed by atoms with Gasteiger partial charge in [0.15, 0.2) is 0 Å². The summed E-state index contributed by atoms with van der Waals surface area (Å²) >= 11 is 0. The number of carbonyl (C=O) groups excluding carboxylic acids is 1. The highest BCUT2D eigenvalue weighted by Gasteiger charge is 2.37. The molecular formula is C10H11F2NO. The minimum atomic E-state index is -3.35. The molecule has 0 amide bonds. The van der Waals surface area contributed by atoms with Gasteiger partial charge in [-0.1, -0.05) is 30.3 Å². The minimum absolute atomic E-state index is 0.0194. The van der Waals surface area contributed by atoms with Crippen molar-refractivity contribution in [2.75, 3.05) is 6.54 Å². The molecule has 0 saturated heterocycles. The number of benzene rings is 1. The van der Waals surface area contributed by atoms with Crippen molar-refractivity contribution in [1.29, 1.82) is 0 Å². The van der Waals surface area contributed by atoms with Crippen molar-refractivity contribution in [2.45, 2.75) is 12.3 Å². The largest absolute Gasteiger partial charge is 0.330 e. The standard InChI is InChI=1S/C10H11F2NO/c11-10(12,6-7-13)9(14)8-4-2-1-3-5-8/h1-5H,6-7,13H2. The Bertz CT molecular complexity index is 311. The molecule has 1 rings (SSSR count). The Hall–Kier alpha value is -1.29. The molecule has 0 fully saturated rings. The van der Waals surface area contributed by atoms with E-state index in [0.717, 1.165) is 0 Å². The van der Waals surface area contributed by atoms with Gasteiger partial charge in [-0.15, -0.1) is 0 Å². The molecule has 0 heterocycles. The maximum Gasteiger partial charge on any atom is 0.310 e. The first kappa shape index (κ1) is 10.8. The SMILES string of the molecule is NCCC(F)(F)C(=O)c1ccccc1. The van der Waals surface area contributed by atoms with Crippen LogP contribution in [0, 0.1) is 0 Å². The Morgan fingerprint density at radius 1 is 1.29 bits per heavy atom. The average molecular weight is 199 g/mol. The molecule has 0 aliphatic rings. The maximum atomic E-state index is 13.1. The molecule has 2 nitrogen and oxygen atoms in total. The van der Waals surface area contributed by atoms with Gasteiger partial charge in [-0.2, -0.15) is 8.78 Å². The summed E-state index contributed by atoms with van der Waals surface area (Å²) in [7, 11) is 0. The summed E-state index contributed by atoms with van der Waals surface area (Å²) in [5.41, 5.74) is 5.02. The Morgan fingerprint density at radius 2 is 1.86 bits per heavy atom. The van der Waals surface area contributed by atoms with Gasteiger partial charge in [0, 0.05) is 12.0 Å². The van der Waals surface area contributed by atoms with E-state index in [1.807, 2.05) is 0 Å². The van der Waals surface area contributed by atoms with Gasteiger partial charge in [-0.3, -0.25) is 4.79 Å². The topological polar surface area (TPSA) is 43.1 Å². The lowest BCUT2D eigenvalue weighted by atomic mass is 10.0. The van der Waals surface area contributed by atoms with Crippen LogP contribution in [0.3, 0.4) is 0 Å². The third-order valence-corrected chi connectivity index (χ3v) is 1.83. The van der Waals surface area contributed by atoms with E-state index in [2.05, 4.69) is 0 Å². The van der Waals surface area contributed by atoms with E-state index >= 15 is 0 Å². The quantitative estimate of drug-likeness (QED) is 0.752. The van der Waals surface area contributed by atoms with Crippen LogP contribution in [0.2, 0.25) is 0 Å². The molecule has 1 aromatic carbocycles. The summed E-state index contributed by atoms with van der Waals surface area (Å²) in [6, 6.07) is 7.49. The van der Waals surface area contributed by atoms with Crippen LogP contribution in [0.1, 0.15) is 16.8 Å². The van der Waals surface area contributed by atoms with Crippen LogP contribution in [0.4, 0.5) is 8.78 Å². The predicted octanol–water partition coefficient (Wildman–Crippen LogP) is 1.85. The summed E-state index contributed by atoms with van der Waals surface area (Å²) < 4.78 is 26.1. The second kappa shape index (κ2) is 4.28. The van der Waals surface area contributed by atoms with Gasteiger partial charge < -0.3 is 5.73 Å². The number of hydrogen-bond donors (Lipinski definition) is 1. The Kier molecular flexibility index (Phi) is 3.30. The fourth-order valence-electron chi connectivity index (χ4n) is 1.10. The van der Waals surface area contributed by atoms with Crippen LogP contribution in [-0.2, 0) is 0 Å². The minimum Gasteiger partial charge on any atom is -0.330 e. The Balaban J connectivity index is 2.85. The van der Waals surface area contributed by atoms with E-state index in [1.165, 1.54) is 12.1 Å². The second-order valence-electron chi connectivity index (χ2n) is 2.94. The molecule has 0 saturated carbocycles. The Morgan fingerprint density at radius 3 is 2.36 bits per heavy atom. The third-order valence-electron chi connectivity index (χ3n) is 1.83. The molecule has 1 aromatic rings. The zero-order chi connectivity index (χ0) is 10.6. The highest BCUT2D eigenvalue weighted by Crippen LogP contribution is 2.23.